The molecule has 16 heavy (non-hydrogen) atoms. The van der Waals surface area contributed by atoms with Crippen LogP contribution in [-0.2, 0) is 0 Å². The average Bonchev–Trinajstić information content (AvgIpc) is 2.74. The maximum atomic E-state index is 3.41. The third-order valence-corrected chi connectivity index (χ3v) is 2.61. The Labute approximate surface area is 105 Å². The number of fused-ring (bicyclic) bond motifs is 1. The fraction of sp³-hybridized carbons (Fsp3) is 0. The number of H-pyrrole nitrogens is 1. The first-order valence-electron chi connectivity index (χ1n) is 5.07. The standard InChI is InChI=1S/C14H11N.Se/c1-2-6-11(7-3-1)14-10-12-8-4-5-9-13(12)15-14;/h1-10,15H;. The van der Waals surface area contributed by atoms with Crippen LogP contribution < -0.4 is 0 Å². The van der Waals surface area contributed by atoms with Crippen molar-refractivity contribution in [1.29, 1.82) is 0 Å². The van der Waals surface area contributed by atoms with Crippen molar-refractivity contribution in [2.24, 2.45) is 0 Å². The molecule has 1 N–H and O–H groups in total. The van der Waals surface area contributed by atoms with Crippen LogP contribution in [-0.4, -0.2) is 22.1 Å². The summed E-state index contributed by atoms with van der Waals surface area (Å²) >= 11 is 0. The molecule has 1 aromatic heterocycles. The summed E-state index contributed by atoms with van der Waals surface area (Å²) in [5.74, 6) is 0. The molecule has 0 fully saturated rings. The van der Waals surface area contributed by atoms with Gasteiger partial charge in [0.1, 0.15) is 0 Å². The van der Waals surface area contributed by atoms with Gasteiger partial charge in [-0.15, -0.1) is 0 Å². The fourth-order valence-corrected chi connectivity index (χ4v) is 1.85. The Morgan fingerprint density at radius 2 is 1.44 bits per heavy atom. The first-order valence-corrected chi connectivity index (χ1v) is 5.07. The molecule has 0 amide bonds. The van der Waals surface area contributed by atoms with Crippen LogP contribution in [0.1, 0.15) is 0 Å². The molecule has 0 aliphatic heterocycles. The molecule has 0 unspecified atom stereocenters. The van der Waals surface area contributed by atoms with Gasteiger partial charge in [0.25, 0.3) is 0 Å². The predicted octanol–water partition coefficient (Wildman–Crippen LogP) is 3.45. The molecule has 2 radical (unpaired) electrons. The van der Waals surface area contributed by atoms with Crippen molar-refractivity contribution in [2.45, 2.75) is 0 Å². The predicted molar refractivity (Wildman–Crippen MR) is 69.5 cm³/mol. The topological polar surface area (TPSA) is 15.8 Å². The third-order valence-electron chi connectivity index (χ3n) is 2.61. The molecule has 0 saturated carbocycles. The number of benzene rings is 2. The van der Waals surface area contributed by atoms with Crippen molar-refractivity contribution < 1.29 is 0 Å². The minimum absolute atomic E-state index is 0. The molecule has 1 nitrogen and oxygen atoms in total. The molecular weight excluding hydrogens is 261 g/mol. The molecule has 3 aromatic rings. The quantitative estimate of drug-likeness (QED) is 0.653. The van der Waals surface area contributed by atoms with Crippen molar-refractivity contribution in [2.75, 3.05) is 0 Å². The van der Waals surface area contributed by atoms with E-state index in [9.17, 15) is 0 Å². The van der Waals surface area contributed by atoms with Gasteiger partial charge in [0.2, 0.25) is 0 Å². The van der Waals surface area contributed by atoms with Gasteiger partial charge in [-0.3, -0.25) is 0 Å². The van der Waals surface area contributed by atoms with Crippen LogP contribution in [0.15, 0.2) is 60.7 Å². The molecular formula is C14H11NSe. The van der Waals surface area contributed by atoms with Gasteiger partial charge < -0.3 is 4.98 Å². The minimum Gasteiger partial charge on any atom is -0.355 e. The number of aromatic nitrogens is 1. The van der Waals surface area contributed by atoms with E-state index in [1.807, 2.05) is 12.1 Å². The summed E-state index contributed by atoms with van der Waals surface area (Å²) in [6.45, 7) is 0. The number of rotatable bonds is 1. The van der Waals surface area contributed by atoms with Crippen molar-refractivity contribution in [1.82, 2.24) is 4.98 Å². The summed E-state index contributed by atoms with van der Waals surface area (Å²) in [5.41, 5.74) is 3.60. The zero-order valence-corrected chi connectivity index (χ0v) is 10.4. The molecule has 0 aliphatic carbocycles. The second-order valence-electron chi connectivity index (χ2n) is 3.64. The van der Waals surface area contributed by atoms with E-state index >= 15 is 0 Å². The van der Waals surface area contributed by atoms with Crippen molar-refractivity contribution >= 4 is 28.0 Å². The second-order valence-corrected chi connectivity index (χ2v) is 3.64. The molecule has 2 heteroatoms. The number of hydrogen-bond acceptors (Lipinski definition) is 0. The van der Waals surface area contributed by atoms with Crippen LogP contribution in [0.5, 0.6) is 0 Å². The van der Waals surface area contributed by atoms with Crippen molar-refractivity contribution in [3.63, 3.8) is 0 Å². The van der Waals surface area contributed by atoms with Crippen molar-refractivity contribution in [3.05, 3.63) is 60.7 Å². The maximum Gasteiger partial charge on any atom is 0.0464 e. The molecule has 78 valence electrons. The Bertz CT molecular complexity index is 551. The van der Waals surface area contributed by atoms with Gasteiger partial charge in [0.05, 0.1) is 0 Å². The number of hydrogen-bond donors (Lipinski definition) is 1. The van der Waals surface area contributed by atoms with E-state index in [1.165, 1.54) is 22.2 Å². The van der Waals surface area contributed by atoms with E-state index < -0.39 is 0 Å². The first-order chi connectivity index (χ1) is 7.43. The Morgan fingerprint density at radius 3 is 2.19 bits per heavy atom. The fourth-order valence-electron chi connectivity index (χ4n) is 1.85. The Balaban J connectivity index is 0.000000963. The van der Waals surface area contributed by atoms with Gasteiger partial charge >= 0.3 is 0 Å². The van der Waals surface area contributed by atoms with E-state index in [0.29, 0.717) is 0 Å². The van der Waals surface area contributed by atoms with Gasteiger partial charge in [0, 0.05) is 33.7 Å². The summed E-state index contributed by atoms with van der Waals surface area (Å²) < 4.78 is 0. The largest absolute Gasteiger partial charge is 0.355 e. The molecule has 0 aliphatic rings. The van der Waals surface area contributed by atoms with Gasteiger partial charge in [-0.05, 0) is 17.7 Å². The zero-order chi connectivity index (χ0) is 10.1. The summed E-state index contributed by atoms with van der Waals surface area (Å²) in [7, 11) is 0. The summed E-state index contributed by atoms with van der Waals surface area (Å²) in [6.07, 6.45) is 0. The van der Waals surface area contributed by atoms with Crippen LogP contribution in [0.2, 0.25) is 0 Å². The minimum atomic E-state index is 0. The summed E-state index contributed by atoms with van der Waals surface area (Å²) in [6, 6.07) is 20.9. The Kier molecular flexibility index (Phi) is 3.14. The first kappa shape index (κ1) is 11.0. The molecule has 1 heterocycles. The van der Waals surface area contributed by atoms with E-state index in [1.54, 1.807) is 0 Å². The number of nitrogens with one attached hydrogen (secondary N) is 1. The molecule has 0 spiro atoms. The maximum absolute atomic E-state index is 3.41. The van der Waals surface area contributed by atoms with E-state index in [-0.39, 0.29) is 17.1 Å². The van der Waals surface area contributed by atoms with Crippen LogP contribution in [0.25, 0.3) is 22.2 Å². The van der Waals surface area contributed by atoms with Crippen LogP contribution >= 0.6 is 0 Å². The summed E-state index contributed by atoms with van der Waals surface area (Å²) in [5, 5.41) is 1.26. The summed E-state index contributed by atoms with van der Waals surface area (Å²) in [4.78, 5) is 3.41. The van der Waals surface area contributed by atoms with E-state index in [2.05, 4.69) is 53.5 Å². The second kappa shape index (κ2) is 4.56. The molecule has 0 atom stereocenters. The smallest absolute Gasteiger partial charge is 0.0464 e. The normalized spacial score (nSPS) is 10.0. The van der Waals surface area contributed by atoms with Gasteiger partial charge in [-0.1, -0.05) is 48.5 Å². The van der Waals surface area contributed by atoms with Gasteiger partial charge in [0.15, 0.2) is 0 Å². The monoisotopic (exact) mass is 273 g/mol. The zero-order valence-electron chi connectivity index (χ0n) is 8.68. The number of aromatic amines is 1. The average molecular weight is 272 g/mol. The van der Waals surface area contributed by atoms with Crippen LogP contribution in [0.4, 0.5) is 0 Å². The van der Waals surface area contributed by atoms with Gasteiger partial charge in [-0.25, -0.2) is 0 Å². The van der Waals surface area contributed by atoms with E-state index in [0.717, 1.165) is 0 Å². The molecule has 0 bridgehead atoms. The van der Waals surface area contributed by atoms with Crippen molar-refractivity contribution in [3.8, 4) is 11.3 Å². The number of para-hydroxylation sites is 1. The van der Waals surface area contributed by atoms with Crippen LogP contribution in [0.3, 0.4) is 0 Å². The molecule has 0 saturated heterocycles. The SMILES string of the molecule is [Se].c1ccc(-c2cc3ccccc3[nH]2)cc1. The molecule has 2 aromatic carbocycles. The molecule has 3 rings (SSSR count). The third kappa shape index (κ3) is 1.90. The van der Waals surface area contributed by atoms with Gasteiger partial charge in [-0.2, -0.15) is 0 Å². The van der Waals surface area contributed by atoms with E-state index in [4.69, 9.17) is 0 Å². The Morgan fingerprint density at radius 1 is 0.750 bits per heavy atom. The Hall–Kier alpha value is -1.50. The van der Waals surface area contributed by atoms with Crippen LogP contribution in [0, 0.1) is 0 Å².